The van der Waals surface area contributed by atoms with E-state index < -0.39 is 22.5 Å². The van der Waals surface area contributed by atoms with Crippen molar-refractivity contribution in [1.29, 1.82) is 0 Å². The van der Waals surface area contributed by atoms with Gasteiger partial charge in [0.2, 0.25) is 11.4 Å². The van der Waals surface area contributed by atoms with E-state index in [2.05, 4.69) is 26.6 Å². The number of para-hydroxylation sites is 2. The van der Waals surface area contributed by atoms with E-state index in [-0.39, 0.29) is 37.1 Å². The predicted octanol–water partition coefficient (Wildman–Crippen LogP) is 10.0. The molecule has 0 spiro atoms. The molecule has 0 aliphatic rings. The number of unbranched alkanes of at least 4 members (excludes halogenated alkanes) is 5. The number of fused-ring (bicyclic) bond motifs is 1. The average Bonchev–Trinajstić information content (AvgIpc) is 3.87. The molecule has 348 valence electrons. The molecule has 16 nitrogen and oxygen atoms in total. The maximum atomic E-state index is 13.4. The zero-order chi connectivity index (χ0) is 45.9. The third-order valence-corrected chi connectivity index (χ3v) is 11.3. The Morgan fingerprint density at radius 3 is 2.08 bits per heavy atom. The van der Waals surface area contributed by atoms with Crippen LogP contribution in [-0.4, -0.2) is 61.7 Å². The number of H-pyrrole nitrogens is 1. The van der Waals surface area contributed by atoms with Crippen molar-refractivity contribution in [3.05, 3.63) is 133 Å². The number of ether oxygens (including phenoxy) is 6. The number of rotatable bonds is 28. The van der Waals surface area contributed by atoms with Crippen LogP contribution >= 0.6 is 0 Å². The summed E-state index contributed by atoms with van der Waals surface area (Å²) in [6, 6.07) is 36.0. The molecule has 7 aromatic rings. The molecule has 5 aromatic carbocycles. The van der Waals surface area contributed by atoms with E-state index in [1.165, 1.54) is 36.4 Å². The lowest BCUT2D eigenvalue weighted by molar-refractivity contribution is 0.207. The van der Waals surface area contributed by atoms with Crippen molar-refractivity contribution >= 4 is 33.9 Å². The number of hydrogen-bond donors (Lipinski definition) is 3. The summed E-state index contributed by atoms with van der Waals surface area (Å²) >= 11 is -4.12. The fraction of sp³-hybridized carbons (Fsp3) is 0.292. The van der Waals surface area contributed by atoms with E-state index in [0.29, 0.717) is 64.7 Å². The van der Waals surface area contributed by atoms with Gasteiger partial charge in [0, 0.05) is 19.0 Å². The zero-order valence-corrected chi connectivity index (χ0v) is 38.7. The fourth-order valence-electron chi connectivity index (χ4n) is 6.46. The summed E-state index contributed by atoms with van der Waals surface area (Å²) < 4.78 is 81.1. The molecule has 0 fully saturated rings. The quantitative estimate of drug-likeness (QED) is 0.0397. The highest BCUT2D eigenvalue weighted by molar-refractivity contribution is 7.82. The number of methoxy groups -OCH3 is 1. The second kappa shape index (κ2) is 24.5. The minimum atomic E-state index is -2.07. The third-order valence-electron chi connectivity index (χ3n) is 9.76. The third kappa shape index (κ3) is 14.1. The van der Waals surface area contributed by atoms with Crippen molar-refractivity contribution < 1.29 is 45.2 Å². The molecule has 7 rings (SSSR count). The van der Waals surface area contributed by atoms with Crippen LogP contribution in [0.4, 0.5) is 5.69 Å². The molecule has 66 heavy (non-hydrogen) atoms. The van der Waals surface area contributed by atoms with Gasteiger partial charge < -0.3 is 36.8 Å². The van der Waals surface area contributed by atoms with Gasteiger partial charge in [0.1, 0.15) is 42.0 Å². The molecule has 3 N–H and O–H groups in total. The largest absolute Gasteiger partial charge is 0.497 e. The van der Waals surface area contributed by atoms with Gasteiger partial charge in [0.25, 0.3) is 17.1 Å². The van der Waals surface area contributed by atoms with Crippen molar-refractivity contribution in [3.8, 4) is 57.6 Å². The van der Waals surface area contributed by atoms with Crippen molar-refractivity contribution in [3.63, 3.8) is 0 Å². The molecular weight excluding hydrogens is 885 g/mol. The van der Waals surface area contributed by atoms with E-state index in [1.54, 1.807) is 49.6 Å². The van der Waals surface area contributed by atoms with Crippen molar-refractivity contribution in [1.82, 2.24) is 24.5 Å². The van der Waals surface area contributed by atoms with Gasteiger partial charge in [-0.15, -0.1) is 9.73 Å². The number of hydrogen-bond acceptors (Lipinski definition) is 12. The summed E-state index contributed by atoms with van der Waals surface area (Å²) in [4.78, 5) is 4.71. The van der Waals surface area contributed by atoms with E-state index in [9.17, 15) is 8.42 Å². The Kier molecular flexibility index (Phi) is 17.5. The SMILES string of the molecule is CCCCCCCCOc1ccc(C)cc1OS(=O)Nc1ccc(Oc2ccc(OC)cc2)c(OS(=O)NCCc2nc3c(Oc4ccccc4)c(OCCOc4ccccc4)nn3[nH]2)c1. The molecule has 2 unspecified atom stereocenters. The summed E-state index contributed by atoms with van der Waals surface area (Å²) in [5.41, 5.74) is 1.67. The highest BCUT2D eigenvalue weighted by Crippen LogP contribution is 2.37. The fourth-order valence-corrected chi connectivity index (χ4v) is 7.74. The van der Waals surface area contributed by atoms with Gasteiger partial charge in [0.15, 0.2) is 23.0 Å². The van der Waals surface area contributed by atoms with Crippen LogP contribution in [0.25, 0.3) is 5.65 Å². The van der Waals surface area contributed by atoms with E-state index in [4.69, 9.17) is 41.8 Å². The van der Waals surface area contributed by atoms with Crippen molar-refractivity contribution in [2.24, 2.45) is 0 Å². The molecule has 0 aliphatic heterocycles. The first-order valence-electron chi connectivity index (χ1n) is 21.7. The van der Waals surface area contributed by atoms with Crippen LogP contribution in [-0.2, 0) is 29.0 Å². The Bertz CT molecular complexity index is 2630. The van der Waals surface area contributed by atoms with Gasteiger partial charge >= 0.3 is 11.3 Å². The second-order valence-electron chi connectivity index (χ2n) is 14.9. The van der Waals surface area contributed by atoms with Crippen molar-refractivity contribution in [2.45, 2.75) is 58.8 Å². The van der Waals surface area contributed by atoms with Gasteiger partial charge in [-0.25, -0.2) is 9.71 Å². The van der Waals surface area contributed by atoms with E-state index >= 15 is 0 Å². The Morgan fingerprint density at radius 1 is 0.636 bits per heavy atom. The normalized spacial score (nSPS) is 12.0. The average molecular weight is 939 g/mol. The Morgan fingerprint density at radius 2 is 1.30 bits per heavy atom. The zero-order valence-electron chi connectivity index (χ0n) is 37.1. The summed E-state index contributed by atoms with van der Waals surface area (Å²) in [5, 5.41) is 7.67. The molecule has 2 heterocycles. The molecule has 18 heteroatoms. The second-order valence-corrected chi connectivity index (χ2v) is 16.6. The first kappa shape index (κ1) is 47.2. The number of benzene rings is 5. The summed E-state index contributed by atoms with van der Waals surface area (Å²) in [6.45, 7) is 5.33. The monoisotopic (exact) mass is 938 g/mol. The molecule has 0 amide bonds. The minimum Gasteiger partial charge on any atom is -0.497 e. The Balaban J connectivity index is 0.988. The van der Waals surface area contributed by atoms with Crippen LogP contribution in [0.3, 0.4) is 0 Å². The van der Waals surface area contributed by atoms with Crippen LogP contribution in [0.5, 0.6) is 57.6 Å². The molecule has 0 aliphatic carbocycles. The summed E-state index contributed by atoms with van der Waals surface area (Å²) in [7, 11) is 1.57. The first-order chi connectivity index (χ1) is 32.3. The summed E-state index contributed by atoms with van der Waals surface area (Å²) in [5.74, 6) is 4.72. The molecule has 0 radical (unpaired) electrons. The molecule has 2 aromatic heterocycles. The minimum absolute atomic E-state index is 0.0954. The number of aromatic nitrogens is 4. The number of aryl methyl sites for hydroxylation is 1. The first-order valence-corrected chi connectivity index (χ1v) is 23.9. The number of nitrogens with one attached hydrogen (secondary N) is 3. The van der Waals surface area contributed by atoms with Gasteiger partial charge in [0.05, 0.1) is 19.4 Å². The molecule has 0 saturated carbocycles. The lowest BCUT2D eigenvalue weighted by Crippen LogP contribution is -2.24. The number of anilines is 1. The highest BCUT2D eigenvalue weighted by Gasteiger charge is 2.22. The van der Waals surface area contributed by atoms with Gasteiger partial charge in [-0.05, 0) is 91.7 Å². The standard InChI is InChI=1S/C48H54N6O10S2/c1-4-5-6-7-8-15-30-59-41-26-20-35(2)33-43(41)64-66(56)53-36-21-27-42(61-40-24-22-37(57-3)23-25-40)44(34-36)63-65(55)49-29-28-45-50-47-46(62-39-18-13-10-14-19-39)48(52-54(47)51-45)60-32-31-58-38-16-11-9-12-17-38/h9-14,16-27,33-34,49,53H,4-8,15,28-32H2,1-3H3,(H,50,51). The van der Waals surface area contributed by atoms with Crippen LogP contribution in [0.1, 0.15) is 56.8 Å². The van der Waals surface area contributed by atoms with Crippen molar-refractivity contribution in [2.75, 3.05) is 38.2 Å². The maximum absolute atomic E-state index is 13.4. The molecular formula is C48H54N6O10S2. The molecule has 0 saturated heterocycles. The lowest BCUT2D eigenvalue weighted by Gasteiger charge is -2.15. The highest BCUT2D eigenvalue weighted by atomic mass is 32.2. The lowest BCUT2D eigenvalue weighted by atomic mass is 10.1. The smallest absolute Gasteiger partial charge is 0.316 e. The summed E-state index contributed by atoms with van der Waals surface area (Å²) in [6.07, 6.45) is 7.11. The Hall–Kier alpha value is -6.76. The number of nitrogens with zero attached hydrogens (tertiary/aromatic N) is 3. The van der Waals surface area contributed by atoms with E-state index in [0.717, 1.165) is 24.2 Å². The Labute approximate surface area is 389 Å². The van der Waals surface area contributed by atoms with E-state index in [1.807, 2.05) is 79.7 Å². The predicted molar refractivity (Wildman–Crippen MR) is 254 cm³/mol. The molecule has 0 bridgehead atoms. The van der Waals surface area contributed by atoms with Gasteiger partial charge in [-0.1, -0.05) is 81.5 Å². The molecule has 2 atom stereocenters. The topological polar surface area (TPSA) is 178 Å². The van der Waals surface area contributed by atoms with Crippen LogP contribution in [0, 0.1) is 6.92 Å². The maximum Gasteiger partial charge on any atom is 0.316 e. The van der Waals surface area contributed by atoms with Crippen LogP contribution < -0.4 is 46.2 Å². The van der Waals surface area contributed by atoms with Gasteiger partial charge in [-0.3, -0.25) is 9.82 Å². The van der Waals surface area contributed by atoms with Crippen LogP contribution in [0.2, 0.25) is 0 Å². The number of aromatic amines is 1. The van der Waals surface area contributed by atoms with Gasteiger partial charge in [-0.2, -0.15) is 8.42 Å². The van der Waals surface area contributed by atoms with Crippen LogP contribution in [0.15, 0.2) is 121 Å².